The summed E-state index contributed by atoms with van der Waals surface area (Å²) in [7, 11) is 0. The first-order valence-electron chi connectivity index (χ1n) is 6.87. The molecule has 0 fully saturated rings. The molecular weight excluding hydrogens is 286 g/mol. The molecule has 22 heavy (non-hydrogen) atoms. The minimum atomic E-state index is -1.25. The lowest BCUT2D eigenvalue weighted by atomic mass is 10.0. The smallest absolute Gasteiger partial charge is 0.287 e. The summed E-state index contributed by atoms with van der Waals surface area (Å²) in [4.78, 5) is 22.9. The van der Waals surface area contributed by atoms with Gasteiger partial charge in [0.15, 0.2) is 5.76 Å². The Bertz CT molecular complexity index is 618. The van der Waals surface area contributed by atoms with Gasteiger partial charge in [0.1, 0.15) is 5.75 Å². The van der Waals surface area contributed by atoms with Gasteiger partial charge in [-0.15, -0.1) is 0 Å². The van der Waals surface area contributed by atoms with E-state index in [0.717, 1.165) is 0 Å². The van der Waals surface area contributed by atoms with Crippen molar-refractivity contribution in [3.63, 3.8) is 0 Å². The van der Waals surface area contributed by atoms with Crippen molar-refractivity contribution >= 4 is 11.9 Å². The van der Waals surface area contributed by atoms with Crippen LogP contribution in [0.3, 0.4) is 0 Å². The number of carboxylic acids is 1. The Labute approximate surface area is 127 Å². The molecule has 1 amide bonds. The number of aliphatic carboxylic acids is 1. The molecule has 1 N–H and O–H groups in total. The van der Waals surface area contributed by atoms with E-state index in [9.17, 15) is 14.7 Å². The number of carboxylic acid groups (broad SMARTS) is 1. The molecule has 6 heteroatoms. The second-order valence-electron chi connectivity index (χ2n) is 4.58. The minimum Gasteiger partial charge on any atom is -0.550 e. The molecule has 0 saturated carbocycles. The van der Waals surface area contributed by atoms with Crippen molar-refractivity contribution < 1.29 is 23.8 Å². The Morgan fingerprint density at radius 3 is 2.55 bits per heavy atom. The molecule has 0 aliphatic heterocycles. The lowest BCUT2D eigenvalue weighted by Crippen LogP contribution is -2.34. The summed E-state index contributed by atoms with van der Waals surface area (Å²) in [5, 5.41) is 13.5. The quantitative estimate of drug-likeness (QED) is 0.832. The molecule has 1 atom stereocenters. The van der Waals surface area contributed by atoms with Crippen LogP contribution in [0.2, 0.25) is 0 Å². The Morgan fingerprint density at radius 1 is 1.27 bits per heavy atom. The van der Waals surface area contributed by atoms with Gasteiger partial charge in [-0.1, -0.05) is 12.1 Å². The maximum absolute atomic E-state index is 12.0. The predicted molar refractivity (Wildman–Crippen MR) is 76.2 cm³/mol. The maximum atomic E-state index is 12.0. The lowest BCUT2D eigenvalue weighted by Gasteiger charge is -2.19. The topological polar surface area (TPSA) is 91.6 Å². The molecule has 1 aromatic heterocycles. The van der Waals surface area contributed by atoms with Crippen LogP contribution in [-0.2, 0) is 4.79 Å². The van der Waals surface area contributed by atoms with Crippen LogP contribution in [0.15, 0.2) is 47.1 Å². The van der Waals surface area contributed by atoms with Crippen molar-refractivity contribution in [1.82, 2.24) is 5.32 Å². The van der Waals surface area contributed by atoms with E-state index in [2.05, 4.69) is 5.32 Å². The normalized spacial score (nSPS) is 11.7. The van der Waals surface area contributed by atoms with E-state index in [0.29, 0.717) is 17.9 Å². The van der Waals surface area contributed by atoms with Crippen LogP contribution in [0.25, 0.3) is 0 Å². The van der Waals surface area contributed by atoms with Crippen LogP contribution in [0.4, 0.5) is 0 Å². The second-order valence-corrected chi connectivity index (χ2v) is 4.58. The van der Waals surface area contributed by atoms with Gasteiger partial charge in [-0.05, 0) is 36.8 Å². The van der Waals surface area contributed by atoms with Gasteiger partial charge in [-0.3, -0.25) is 4.79 Å². The number of hydrogen-bond donors (Lipinski definition) is 1. The third-order valence-electron chi connectivity index (χ3n) is 3.01. The van der Waals surface area contributed by atoms with E-state index in [1.165, 1.54) is 12.3 Å². The van der Waals surface area contributed by atoms with E-state index in [4.69, 9.17) is 9.15 Å². The van der Waals surface area contributed by atoms with E-state index in [1.807, 2.05) is 6.92 Å². The molecule has 1 aromatic carbocycles. The molecule has 0 aliphatic carbocycles. The SMILES string of the molecule is CCOc1ccc([C@H](CC(=O)[O-])NC(=O)c2ccco2)cc1. The molecule has 6 nitrogen and oxygen atoms in total. The van der Waals surface area contributed by atoms with E-state index in [1.54, 1.807) is 30.3 Å². The number of nitrogens with one attached hydrogen (secondary N) is 1. The molecule has 116 valence electrons. The lowest BCUT2D eigenvalue weighted by molar-refractivity contribution is -0.306. The number of furan rings is 1. The Morgan fingerprint density at radius 2 is 2.00 bits per heavy atom. The third-order valence-corrected chi connectivity index (χ3v) is 3.01. The molecule has 2 rings (SSSR count). The zero-order valence-electron chi connectivity index (χ0n) is 12.1. The molecule has 2 aromatic rings. The van der Waals surface area contributed by atoms with Crippen LogP contribution >= 0.6 is 0 Å². The van der Waals surface area contributed by atoms with Gasteiger partial charge in [0, 0.05) is 12.4 Å². The maximum Gasteiger partial charge on any atom is 0.287 e. The van der Waals surface area contributed by atoms with Crippen molar-refractivity contribution in [2.75, 3.05) is 6.61 Å². The van der Waals surface area contributed by atoms with Gasteiger partial charge >= 0.3 is 0 Å². The van der Waals surface area contributed by atoms with Gasteiger partial charge in [0.05, 0.1) is 18.9 Å². The van der Waals surface area contributed by atoms with E-state index in [-0.39, 0.29) is 12.2 Å². The highest BCUT2D eigenvalue weighted by atomic mass is 16.5. The number of carbonyl (C=O) groups excluding carboxylic acids is 2. The van der Waals surface area contributed by atoms with Crippen molar-refractivity contribution in [3.05, 3.63) is 54.0 Å². The van der Waals surface area contributed by atoms with Crippen molar-refractivity contribution in [3.8, 4) is 5.75 Å². The highest BCUT2D eigenvalue weighted by molar-refractivity contribution is 5.91. The monoisotopic (exact) mass is 302 g/mol. The molecule has 0 saturated heterocycles. The van der Waals surface area contributed by atoms with Gasteiger partial charge in [0.25, 0.3) is 5.91 Å². The molecular formula is C16H16NO5-. The van der Waals surface area contributed by atoms with Crippen LogP contribution < -0.4 is 15.2 Å². The fourth-order valence-electron chi connectivity index (χ4n) is 2.02. The van der Waals surface area contributed by atoms with Gasteiger partial charge in [-0.2, -0.15) is 0 Å². The van der Waals surface area contributed by atoms with Crippen molar-refractivity contribution in [2.24, 2.45) is 0 Å². The Kier molecular flexibility index (Phi) is 5.19. The minimum absolute atomic E-state index is 0.120. The molecule has 0 radical (unpaired) electrons. The number of ether oxygens (including phenoxy) is 1. The Balaban J connectivity index is 2.14. The molecule has 0 bridgehead atoms. The number of hydrogen-bond acceptors (Lipinski definition) is 5. The predicted octanol–water partition coefficient (Wildman–Crippen LogP) is 1.29. The average molecular weight is 302 g/mol. The van der Waals surface area contributed by atoms with Gasteiger partial charge in [0.2, 0.25) is 0 Å². The van der Waals surface area contributed by atoms with Gasteiger partial charge in [-0.25, -0.2) is 0 Å². The van der Waals surface area contributed by atoms with Crippen LogP contribution in [0, 0.1) is 0 Å². The molecule has 0 spiro atoms. The summed E-state index contributed by atoms with van der Waals surface area (Å²) in [5.74, 6) is -0.936. The van der Waals surface area contributed by atoms with Crippen LogP contribution in [0.1, 0.15) is 35.5 Å². The summed E-state index contributed by atoms with van der Waals surface area (Å²) in [6, 6.07) is 9.24. The van der Waals surface area contributed by atoms with Crippen molar-refractivity contribution in [1.29, 1.82) is 0 Å². The Hall–Kier alpha value is -2.76. The zero-order valence-corrected chi connectivity index (χ0v) is 12.1. The van der Waals surface area contributed by atoms with E-state index >= 15 is 0 Å². The summed E-state index contributed by atoms with van der Waals surface area (Å²) in [5.41, 5.74) is 0.646. The first-order chi connectivity index (χ1) is 10.6. The fourth-order valence-corrected chi connectivity index (χ4v) is 2.02. The molecule has 0 unspecified atom stereocenters. The third kappa shape index (κ3) is 4.12. The number of rotatable bonds is 7. The number of carbonyl (C=O) groups is 2. The fraction of sp³-hybridized carbons (Fsp3) is 0.250. The number of benzene rings is 1. The largest absolute Gasteiger partial charge is 0.550 e. The van der Waals surface area contributed by atoms with Crippen LogP contribution in [-0.4, -0.2) is 18.5 Å². The standard InChI is InChI=1S/C16H17NO5/c1-2-21-12-7-5-11(6-8-12)13(10-15(18)19)17-16(20)14-4-3-9-22-14/h3-9,13H,2,10H2,1H3,(H,17,20)(H,18,19)/p-1/t13-/m0/s1. The summed E-state index contributed by atoms with van der Waals surface area (Å²) < 4.78 is 10.3. The highest BCUT2D eigenvalue weighted by Gasteiger charge is 2.17. The van der Waals surface area contributed by atoms with Crippen molar-refractivity contribution in [2.45, 2.75) is 19.4 Å². The first kappa shape index (κ1) is 15.6. The van der Waals surface area contributed by atoms with E-state index < -0.39 is 17.9 Å². The summed E-state index contributed by atoms with van der Waals surface area (Å²) >= 11 is 0. The summed E-state index contributed by atoms with van der Waals surface area (Å²) in [6.45, 7) is 2.41. The summed E-state index contributed by atoms with van der Waals surface area (Å²) in [6.07, 6.45) is 1.04. The average Bonchev–Trinajstić information content (AvgIpc) is 3.01. The van der Waals surface area contributed by atoms with Gasteiger partial charge < -0.3 is 24.4 Å². The highest BCUT2D eigenvalue weighted by Crippen LogP contribution is 2.21. The molecule has 1 heterocycles. The molecule has 0 aliphatic rings. The zero-order chi connectivity index (χ0) is 15.9. The van der Waals surface area contributed by atoms with Crippen LogP contribution in [0.5, 0.6) is 5.75 Å². The first-order valence-corrected chi connectivity index (χ1v) is 6.87. The second kappa shape index (κ2) is 7.31. The number of amides is 1.